The molecule has 2 aromatic carbocycles. The lowest BCUT2D eigenvalue weighted by Gasteiger charge is -2.23. The largest absolute Gasteiger partial charge is 0.419 e. The van der Waals surface area contributed by atoms with Crippen LogP contribution in [0.25, 0.3) is 11.5 Å². The van der Waals surface area contributed by atoms with Gasteiger partial charge in [0, 0.05) is 20.6 Å². The molecule has 154 valence electrons. The summed E-state index contributed by atoms with van der Waals surface area (Å²) in [6.45, 7) is 1.35. The molecule has 1 aliphatic heterocycles. The molecule has 1 saturated heterocycles. The third kappa shape index (κ3) is 3.63. The highest BCUT2D eigenvalue weighted by molar-refractivity contribution is 6.36. The van der Waals surface area contributed by atoms with Crippen molar-refractivity contribution < 1.29 is 14.0 Å². The first-order valence-corrected chi connectivity index (χ1v) is 10.1. The van der Waals surface area contributed by atoms with Gasteiger partial charge in [-0.25, -0.2) is 4.79 Å². The zero-order chi connectivity index (χ0) is 21.6. The van der Waals surface area contributed by atoms with Gasteiger partial charge in [-0.05, 0) is 37.3 Å². The van der Waals surface area contributed by atoms with Crippen LogP contribution in [0.2, 0.25) is 20.1 Å². The number of halogens is 4. The predicted molar refractivity (Wildman–Crippen MR) is 113 cm³/mol. The maximum atomic E-state index is 13.1. The summed E-state index contributed by atoms with van der Waals surface area (Å²) in [7, 11) is 0. The Morgan fingerprint density at radius 1 is 1.00 bits per heavy atom. The highest BCUT2D eigenvalue weighted by Gasteiger charge is 2.50. The van der Waals surface area contributed by atoms with Gasteiger partial charge < -0.3 is 9.73 Å². The fraction of sp³-hybridized carbons (Fsp3) is 0.158. The smallest absolute Gasteiger partial charge is 0.325 e. The lowest BCUT2D eigenvalue weighted by molar-refractivity contribution is -0.131. The van der Waals surface area contributed by atoms with E-state index >= 15 is 0 Å². The number of amides is 3. The van der Waals surface area contributed by atoms with E-state index in [0.29, 0.717) is 26.2 Å². The van der Waals surface area contributed by atoms with Gasteiger partial charge in [0.15, 0.2) is 0 Å². The van der Waals surface area contributed by atoms with Gasteiger partial charge in [-0.1, -0.05) is 52.5 Å². The van der Waals surface area contributed by atoms with E-state index in [1.54, 1.807) is 37.3 Å². The van der Waals surface area contributed by atoms with Crippen molar-refractivity contribution in [1.29, 1.82) is 0 Å². The number of benzene rings is 2. The van der Waals surface area contributed by atoms with Gasteiger partial charge in [0.25, 0.3) is 5.91 Å². The van der Waals surface area contributed by atoms with Crippen molar-refractivity contribution in [2.24, 2.45) is 0 Å². The summed E-state index contributed by atoms with van der Waals surface area (Å²) in [5.41, 5.74) is -0.454. The predicted octanol–water partition coefficient (Wildman–Crippen LogP) is 5.32. The molecule has 1 unspecified atom stereocenters. The van der Waals surface area contributed by atoms with Crippen molar-refractivity contribution >= 4 is 58.3 Å². The molecule has 0 bridgehead atoms. The molecule has 0 spiro atoms. The van der Waals surface area contributed by atoms with Crippen molar-refractivity contribution in [3.63, 3.8) is 0 Å². The van der Waals surface area contributed by atoms with Crippen molar-refractivity contribution in [2.45, 2.75) is 19.0 Å². The molecular weight excluding hydrogens is 474 g/mol. The number of nitrogens with zero attached hydrogens (tertiary/aromatic N) is 3. The van der Waals surface area contributed by atoms with Crippen molar-refractivity contribution in [2.75, 3.05) is 0 Å². The topological polar surface area (TPSA) is 88.3 Å². The number of hydrogen-bond acceptors (Lipinski definition) is 5. The van der Waals surface area contributed by atoms with Gasteiger partial charge in [0.1, 0.15) is 12.1 Å². The van der Waals surface area contributed by atoms with Crippen molar-refractivity contribution in [3.8, 4) is 11.5 Å². The van der Waals surface area contributed by atoms with Gasteiger partial charge >= 0.3 is 6.03 Å². The van der Waals surface area contributed by atoms with Crippen LogP contribution < -0.4 is 5.32 Å². The molecule has 1 N–H and O–H groups in total. The van der Waals surface area contributed by atoms with Gasteiger partial charge in [-0.15, -0.1) is 10.2 Å². The molecule has 7 nitrogen and oxygen atoms in total. The number of urea groups is 1. The van der Waals surface area contributed by atoms with Gasteiger partial charge in [-0.2, -0.15) is 0 Å². The Morgan fingerprint density at radius 3 is 2.33 bits per heavy atom. The van der Waals surface area contributed by atoms with Crippen molar-refractivity contribution in [1.82, 2.24) is 20.4 Å². The Hall–Kier alpha value is -2.32. The standard InChI is InChI=1S/C19H12Cl4N4O3/c1-19(12-5-3-10(21)7-14(12)23)17(28)27(18(29)24-19)8-15-25-26-16(30-15)11-4-2-9(20)6-13(11)22/h2-7H,8H2,1H3,(H,24,29). The minimum Gasteiger partial charge on any atom is -0.419 e. The van der Waals surface area contributed by atoms with Crippen LogP contribution in [0.1, 0.15) is 18.4 Å². The summed E-state index contributed by atoms with van der Waals surface area (Å²) in [6.07, 6.45) is 0. The highest BCUT2D eigenvalue weighted by atomic mass is 35.5. The normalized spacial score (nSPS) is 18.8. The number of aromatic nitrogens is 2. The summed E-state index contributed by atoms with van der Waals surface area (Å²) in [4.78, 5) is 26.6. The SMILES string of the molecule is CC1(c2ccc(Cl)cc2Cl)NC(=O)N(Cc2nnc(-c3ccc(Cl)cc3Cl)o2)C1=O. The summed E-state index contributed by atoms with van der Waals surface area (Å²) in [5.74, 6) is -0.311. The summed E-state index contributed by atoms with van der Waals surface area (Å²) in [5, 5.41) is 12.0. The average molecular weight is 486 g/mol. The number of imide groups is 1. The second-order valence-electron chi connectivity index (χ2n) is 6.70. The molecule has 1 aromatic heterocycles. The molecule has 1 aliphatic rings. The lowest BCUT2D eigenvalue weighted by Crippen LogP contribution is -2.41. The molecule has 2 heterocycles. The maximum Gasteiger partial charge on any atom is 0.325 e. The molecule has 0 saturated carbocycles. The number of carbonyl (C=O) groups excluding carboxylic acids is 2. The molecule has 3 aromatic rings. The lowest BCUT2D eigenvalue weighted by atomic mass is 9.92. The summed E-state index contributed by atoms with van der Waals surface area (Å²) < 4.78 is 5.60. The van der Waals surface area contributed by atoms with E-state index in [4.69, 9.17) is 50.8 Å². The number of carbonyl (C=O) groups is 2. The molecule has 0 radical (unpaired) electrons. The molecule has 0 aliphatic carbocycles. The van der Waals surface area contributed by atoms with E-state index in [-0.39, 0.29) is 23.3 Å². The Bertz CT molecular complexity index is 1180. The molecule has 3 amide bonds. The highest BCUT2D eigenvalue weighted by Crippen LogP contribution is 2.36. The Balaban J connectivity index is 1.59. The molecular formula is C19H12Cl4N4O3. The van der Waals surface area contributed by atoms with E-state index in [1.807, 2.05) is 0 Å². The molecule has 11 heteroatoms. The monoisotopic (exact) mass is 484 g/mol. The first-order chi connectivity index (χ1) is 14.2. The van der Waals surface area contributed by atoms with Crippen LogP contribution >= 0.6 is 46.4 Å². The van der Waals surface area contributed by atoms with Gasteiger partial charge in [0.05, 0.1) is 10.6 Å². The second-order valence-corrected chi connectivity index (χ2v) is 8.38. The number of rotatable bonds is 4. The number of hydrogen-bond donors (Lipinski definition) is 1. The molecule has 4 rings (SSSR count). The third-order valence-corrected chi connectivity index (χ3v) is 5.76. The average Bonchev–Trinajstić information content (AvgIpc) is 3.21. The Morgan fingerprint density at radius 2 is 1.67 bits per heavy atom. The third-order valence-electron chi connectivity index (χ3n) is 4.67. The fourth-order valence-corrected chi connectivity index (χ4v) is 4.23. The van der Waals surface area contributed by atoms with Gasteiger partial charge in [-0.3, -0.25) is 9.69 Å². The summed E-state index contributed by atoms with van der Waals surface area (Å²) >= 11 is 24.2. The maximum absolute atomic E-state index is 13.1. The van der Waals surface area contributed by atoms with Crippen LogP contribution in [0.5, 0.6) is 0 Å². The Kier molecular flexibility index (Phi) is 5.40. The minimum atomic E-state index is -1.36. The molecule has 30 heavy (non-hydrogen) atoms. The molecule has 1 atom stereocenters. The Labute approximate surface area is 190 Å². The van der Waals surface area contributed by atoms with Crippen LogP contribution in [0.3, 0.4) is 0 Å². The minimum absolute atomic E-state index is 0.0611. The van der Waals surface area contributed by atoms with Crippen molar-refractivity contribution in [3.05, 3.63) is 67.9 Å². The van der Waals surface area contributed by atoms with E-state index in [1.165, 1.54) is 6.07 Å². The first-order valence-electron chi connectivity index (χ1n) is 8.56. The van der Waals surface area contributed by atoms with Crippen LogP contribution in [0, 0.1) is 0 Å². The zero-order valence-corrected chi connectivity index (χ0v) is 18.3. The second kappa shape index (κ2) is 7.74. The zero-order valence-electron chi connectivity index (χ0n) is 15.2. The number of nitrogens with one attached hydrogen (secondary N) is 1. The van der Waals surface area contributed by atoms with Crippen LogP contribution in [-0.4, -0.2) is 27.0 Å². The first kappa shape index (κ1) is 20.9. The van der Waals surface area contributed by atoms with E-state index in [2.05, 4.69) is 15.5 Å². The van der Waals surface area contributed by atoms with E-state index in [0.717, 1.165) is 4.90 Å². The van der Waals surface area contributed by atoms with Crippen LogP contribution in [0.4, 0.5) is 4.79 Å². The quantitative estimate of drug-likeness (QED) is 0.505. The van der Waals surface area contributed by atoms with E-state index < -0.39 is 17.5 Å². The molecule has 1 fully saturated rings. The van der Waals surface area contributed by atoms with Gasteiger partial charge in [0.2, 0.25) is 11.8 Å². The van der Waals surface area contributed by atoms with E-state index in [9.17, 15) is 9.59 Å². The van der Waals surface area contributed by atoms with Crippen LogP contribution in [-0.2, 0) is 16.9 Å². The fourth-order valence-electron chi connectivity index (χ4n) is 3.14. The summed E-state index contributed by atoms with van der Waals surface area (Å²) in [6, 6.07) is 8.89. The van der Waals surface area contributed by atoms with Crippen LogP contribution in [0.15, 0.2) is 40.8 Å².